The summed E-state index contributed by atoms with van der Waals surface area (Å²) >= 11 is 0. The molecule has 3 heteroatoms. The molecule has 0 bridgehead atoms. The topological polar surface area (TPSA) is 72.2 Å². The maximum atomic E-state index is 5.58. The Kier molecular flexibility index (Phi) is 5.78. The minimum atomic E-state index is 0. The fraction of sp³-hybridized carbons (Fsp3) is 0. The molecule has 4 N–H and O–H groups in total. The summed E-state index contributed by atoms with van der Waals surface area (Å²) in [7, 11) is 0. The van der Waals surface area contributed by atoms with Crippen LogP contribution in [0.1, 0.15) is 0 Å². The van der Waals surface area contributed by atoms with Gasteiger partial charge in [0, 0.05) is 0 Å². The van der Waals surface area contributed by atoms with Crippen molar-refractivity contribution in [1.29, 1.82) is 0 Å². The summed E-state index contributed by atoms with van der Waals surface area (Å²) < 4.78 is 5.58. The van der Waals surface area contributed by atoms with Crippen molar-refractivity contribution in [2.45, 2.75) is 0 Å². The average Bonchev–Trinajstić information content (AvgIpc) is 2.21. The van der Waals surface area contributed by atoms with E-state index in [9.17, 15) is 0 Å². The van der Waals surface area contributed by atoms with Crippen LogP contribution in [0.4, 0.5) is 0 Å². The number of rotatable bonds is 2. The summed E-state index contributed by atoms with van der Waals surface area (Å²) in [5, 5.41) is 0. The molecule has 0 saturated heterocycles. The Hall–Kier alpha value is -1.84. The molecule has 0 aliphatic heterocycles. The van der Waals surface area contributed by atoms with E-state index in [1.807, 2.05) is 60.7 Å². The van der Waals surface area contributed by atoms with Crippen molar-refractivity contribution in [2.24, 2.45) is 0 Å². The molecule has 0 aliphatic carbocycles. The molecule has 0 unspecified atom stereocenters. The zero-order valence-electron chi connectivity index (χ0n) is 8.18. The Morgan fingerprint density at radius 1 is 0.533 bits per heavy atom. The van der Waals surface area contributed by atoms with Gasteiger partial charge in [-0.15, -0.1) is 0 Å². The smallest absolute Gasteiger partial charge is 0.127 e. The number of ether oxygens (including phenoxy) is 1. The van der Waals surface area contributed by atoms with E-state index < -0.39 is 0 Å². The van der Waals surface area contributed by atoms with Gasteiger partial charge < -0.3 is 15.7 Å². The Labute approximate surface area is 88.6 Å². The predicted octanol–water partition coefficient (Wildman–Crippen LogP) is 1.83. The molecule has 2 aromatic rings. The van der Waals surface area contributed by atoms with Crippen molar-refractivity contribution in [3.63, 3.8) is 0 Å². The number of para-hydroxylation sites is 2. The molecule has 2 aromatic carbocycles. The molecule has 0 heterocycles. The molecule has 0 saturated carbocycles. The van der Waals surface area contributed by atoms with Crippen molar-refractivity contribution in [3.05, 3.63) is 60.7 Å². The third-order valence-electron chi connectivity index (χ3n) is 1.72. The molecule has 2 rings (SSSR count). The first kappa shape index (κ1) is 13.2. The number of hydrogen-bond donors (Lipinski definition) is 0. The summed E-state index contributed by atoms with van der Waals surface area (Å²) in [5.41, 5.74) is 0. The minimum absolute atomic E-state index is 0. The van der Waals surface area contributed by atoms with Gasteiger partial charge in [0.05, 0.1) is 0 Å². The minimum Gasteiger partial charge on any atom is -0.457 e. The zero-order chi connectivity index (χ0) is 8.93. The predicted molar refractivity (Wildman–Crippen MR) is 60.2 cm³/mol. The molecular weight excluding hydrogens is 192 g/mol. The fourth-order valence-electron chi connectivity index (χ4n) is 1.11. The van der Waals surface area contributed by atoms with Gasteiger partial charge in [-0.05, 0) is 24.3 Å². The van der Waals surface area contributed by atoms with Gasteiger partial charge >= 0.3 is 0 Å². The maximum Gasteiger partial charge on any atom is 0.127 e. The third kappa shape index (κ3) is 3.81. The van der Waals surface area contributed by atoms with Crippen molar-refractivity contribution in [2.75, 3.05) is 0 Å². The first-order chi connectivity index (χ1) is 6.45. The molecule has 3 nitrogen and oxygen atoms in total. The van der Waals surface area contributed by atoms with Gasteiger partial charge in [-0.2, -0.15) is 0 Å². The first-order valence-electron chi connectivity index (χ1n) is 4.23. The largest absolute Gasteiger partial charge is 0.457 e. The zero-order valence-corrected chi connectivity index (χ0v) is 8.18. The van der Waals surface area contributed by atoms with Gasteiger partial charge in [0.2, 0.25) is 0 Å². The lowest BCUT2D eigenvalue weighted by atomic mass is 10.3. The van der Waals surface area contributed by atoms with Crippen LogP contribution in [0.2, 0.25) is 0 Å². The highest BCUT2D eigenvalue weighted by molar-refractivity contribution is 5.30. The van der Waals surface area contributed by atoms with Crippen LogP contribution >= 0.6 is 0 Å². The lowest BCUT2D eigenvalue weighted by molar-refractivity contribution is 0.482. The van der Waals surface area contributed by atoms with Crippen molar-refractivity contribution in [3.8, 4) is 11.5 Å². The Bertz CT molecular complexity index is 322. The molecule has 0 radical (unpaired) electrons. The van der Waals surface area contributed by atoms with Crippen LogP contribution in [0.25, 0.3) is 0 Å². The van der Waals surface area contributed by atoms with Crippen LogP contribution in [-0.2, 0) is 0 Å². The quantitative estimate of drug-likeness (QED) is 0.738. The van der Waals surface area contributed by atoms with Gasteiger partial charge in [0.25, 0.3) is 0 Å². The highest BCUT2D eigenvalue weighted by Crippen LogP contribution is 2.19. The molecule has 0 amide bonds. The number of benzene rings is 2. The molecule has 0 atom stereocenters. The van der Waals surface area contributed by atoms with Crippen LogP contribution in [0, 0.1) is 0 Å². The highest BCUT2D eigenvalue weighted by Gasteiger charge is 1.92. The molecular formula is C12H14O3. The molecule has 15 heavy (non-hydrogen) atoms. The average molecular weight is 206 g/mol. The van der Waals surface area contributed by atoms with E-state index in [-0.39, 0.29) is 11.0 Å². The van der Waals surface area contributed by atoms with Crippen LogP contribution in [-0.4, -0.2) is 11.0 Å². The number of hydrogen-bond acceptors (Lipinski definition) is 1. The molecule has 0 aromatic heterocycles. The SMILES string of the molecule is O.O.c1ccc(Oc2ccccc2)cc1. The molecule has 0 aliphatic rings. The monoisotopic (exact) mass is 206 g/mol. The van der Waals surface area contributed by atoms with Crippen LogP contribution in [0.15, 0.2) is 60.7 Å². The summed E-state index contributed by atoms with van der Waals surface area (Å²) in [6, 6.07) is 19.5. The lowest BCUT2D eigenvalue weighted by Gasteiger charge is -2.03. The van der Waals surface area contributed by atoms with Crippen LogP contribution in [0.3, 0.4) is 0 Å². The van der Waals surface area contributed by atoms with E-state index in [0.717, 1.165) is 11.5 Å². The van der Waals surface area contributed by atoms with E-state index >= 15 is 0 Å². The summed E-state index contributed by atoms with van der Waals surface area (Å²) in [6.45, 7) is 0. The van der Waals surface area contributed by atoms with Gasteiger partial charge in [-0.1, -0.05) is 36.4 Å². The van der Waals surface area contributed by atoms with Gasteiger partial charge in [-0.3, -0.25) is 0 Å². The van der Waals surface area contributed by atoms with E-state index in [0.29, 0.717) is 0 Å². The van der Waals surface area contributed by atoms with Gasteiger partial charge in [-0.25, -0.2) is 0 Å². The van der Waals surface area contributed by atoms with Crippen LogP contribution < -0.4 is 4.74 Å². The molecule has 0 fully saturated rings. The Morgan fingerprint density at radius 3 is 1.20 bits per heavy atom. The van der Waals surface area contributed by atoms with Crippen molar-refractivity contribution in [1.82, 2.24) is 0 Å². The summed E-state index contributed by atoms with van der Waals surface area (Å²) in [4.78, 5) is 0. The second-order valence-corrected chi connectivity index (χ2v) is 2.73. The standard InChI is InChI=1S/C12H10O.2H2O/c1-3-7-11(8-4-1)13-12-9-5-2-6-10-12;;/h1-10H;2*1H2. The normalized spacial score (nSPS) is 8.27. The van der Waals surface area contributed by atoms with Gasteiger partial charge in [0.15, 0.2) is 0 Å². The third-order valence-corrected chi connectivity index (χ3v) is 1.72. The second kappa shape index (κ2) is 6.59. The van der Waals surface area contributed by atoms with E-state index in [1.54, 1.807) is 0 Å². The summed E-state index contributed by atoms with van der Waals surface area (Å²) in [5.74, 6) is 1.74. The Balaban J connectivity index is 0.000000980. The first-order valence-corrected chi connectivity index (χ1v) is 4.23. The van der Waals surface area contributed by atoms with Crippen molar-refractivity contribution >= 4 is 0 Å². The summed E-state index contributed by atoms with van der Waals surface area (Å²) in [6.07, 6.45) is 0. The van der Waals surface area contributed by atoms with E-state index in [2.05, 4.69) is 0 Å². The van der Waals surface area contributed by atoms with Crippen LogP contribution in [0.5, 0.6) is 11.5 Å². The molecule has 80 valence electrons. The lowest BCUT2D eigenvalue weighted by Crippen LogP contribution is -1.81. The van der Waals surface area contributed by atoms with E-state index in [4.69, 9.17) is 4.74 Å². The highest BCUT2D eigenvalue weighted by atomic mass is 16.5. The molecule has 0 spiro atoms. The fourth-order valence-corrected chi connectivity index (χ4v) is 1.11. The van der Waals surface area contributed by atoms with E-state index in [1.165, 1.54) is 0 Å². The Morgan fingerprint density at radius 2 is 0.867 bits per heavy atom. The van der Waals surface area contributed by atoms with Gasteiger partial charge in [0.1, 0.15) is 11.5 Å². The second-order valence-electron chi connectivity index (χ2n) is 2.73. The van der Waals surface area contributed by atoms with Crippen molar-refractivity contribution < 1.29 is 15.7 Å². The maximum absolute atomic E-state index is 5.58.